The quantitative estimate of drug-likeness (QED) is 0.859. The van der Waals surface area contributed by atoms with Crippen LogP contribution in [0.1, 0.15) is 29.6 Å². The fourth-order valence-corrected chi connectivity index (χ4v) is 3.96. The summed E-state index contributed by atoms with van der Waals surface area (Å²) in [6.45, 7) is 0.999. The van der Waals surface area contributed by atoms with Gasteiger partial charge >= 0.3 is 0 Å². The summed E-state index contributed by atoms with van der Waals surface area (Å²) in [5.74, 6) is -0.729. The van der Waals surface area contributed by atoms with Gasteiger partial charge in [-0.05, 0) is 43.5 Å². The number of fused-ring (bicyclic) bond motifs is 2. The number of rotatable bonds is 2. The topological polar surface area (TPSA) is 69.7 Å². The third-order valence-corrected chi connectivity index (χ3v) is 5.13. The lowest BCUT2D eigenvalue weighted by atomic mass is 10.1. The first-order valence-corrected chi connectivity index (χ1v) is 8.22. The molecule has 126 valence electrons. The molecule has 0 saturated carbocycles. The van der Waals surface area contributed by atoms with Crippen LogP contribution >= 0.6 is 0 Å². The van der Waals surface area contributed by atoms with E-state index in [2.05, 4.69) is 5.32 Å². The third kappa shape index (κ3) is 2.35. The Labute approximate surface area is 138 Å². The molecule has 1 aromatic carbocycles. The first kappa shape index (κ1) is 15.1. The smallest absolute Gasteiger partial charge is 0.251 e. The molecule has 7 heteroatoms. The molecule has 4 rings (SSSR count). The first-order chi connectivity index (χ1) is 11.5. The number of hydrogen-bond acceptors (Lipinski definition) is 3. The normalized spacial score (nSPS) is 28.8. The summed E-state index contributed by atoms with van der Waals surface area (Å²) in [7, 11) is 0. The van der Waals surface area contributed by atoms with Gasteiger partial charge in [-0.3, -0.25) is 14.4 Å². The zero-order valence-electron chi connectivity index (χ0n) is 13.1. The number of halogens is 1. The first-order valence-electron chi connectivity index (χ1n) is 8.22. The highest BCUT2D eigenvalue weighted by atomic mass is 19.1. The zero-order valence-corrected chi connectivity index (χ0v) is 13.1. The lowest BCUT2D eigenvalue weighted by Crippen LogP contribution is -2.60. The summed E-state index contributed by atoms with van der Waals surface area (Å²) < 4.78 is 12.9. The van der Waals surface area contributed by atoms with E-state index >= 15 is 0 Å². The summed E-state index contributed by atoms with van der Waals surface area (Å²) in [5.41, 5.74) is 0.361. The molecule has 3 aliphatic rings. The molecule has 0 aliphatic carbocycles. The lowest BCUT2D eigenvalue weighted by Gasteiger charge is -2.38. The van der Waals surface area contributed by atoms with Crippen molar-refractivity contribution in [3.63, 3.8) is 0 Å². The maximum absolute atomic E-state index is 12.9. The molecule has 6 nitrogen and oxygen atoms in total. The molecule has 24 heavy (non-hydrogen) atoms. The van der Waals surface area contributed by atoms with Crippen LogP contribution in [0.15, 0.2) is 24.3 Å². The van der Waals surface area contributed by atoms with Crippen LogP contribution in [0.2, 0.25) is 0 Å². The summed E-state index contributed by atoms with van der Waals surface area (Å²) in [6, 6.07) is 4.24. The van der Waals surface area contributed by atoms with Crippen LogP contribution in [0.5, 0.6) is 0 Å². The Morgan fingerprint density at radius 2 is 1.79 bits per heavy atom. The van der Waals surface area contributed by atoms with E-state index in [4.69, 9.17) is 0 Å². The molecule has 3 atom stereocenters. The van der Waals surface area contributed by atoms with Crippen molar-refractivity contribution in [2.75, 3.05) is 13.1 Å². The van der Waals surface area contributed by atoms with E-state index in [1.807, 2.05) is 0 Å². The van der Waals surface area contributed by atoms with Crippen molar-refractivity contribution in [1.82, 2.24) is 15.1 Å². The van der Waals surface area contributed by atoms with E-state index in [0.717, 1.165) is 12.8 Å². The van der Waals surface area contributed by atoms with E-state index in [0.29, 0.717) is 25.1 Å². The van der Waals surface area contributed by atoms with Gasteiger partial charge in [0.05, 0.1) is 0 Å². The van der Waals surface area contributed by atoms with Crippen molar-refractivity contribution in [1.29, 1.82) is 0 Å². The van der Waals surface area contributed by atoms with Gasteiger partial charge in [-0.1, -0.05) is 0 Å². The van der Waals surface area contributed by atoms with Crippen molar-refractivity contribution in [2.45, 2.75) is 37.4 Å². The zero-order chi connectivity index (χ0) is 16.8. The van der Waals surface area contributed by atoms with Crippen molar-refractivity contribution >= 4 is 17.7 Å². The van der Waals surface area contributed by atoms with Gasteiger partial charge in [-0.2, -0.15) is 0 Å². The van der Waals surface area contributed by atoms with Crippen LogP contribution in [0.25, 0.3) is 0 Å². The van der Waals surface area contributed by atoms with Gasteiger partial charge in [-0.15, -0.1) is 0 Å². The molecule has 1 aromatic rings. The Morgan fingerprint density at radius 1 is 1.08 bits per heavy atom. The number of nitrogens with zero attached hydrogens (tertiary/aromatic N) is 2. The maximum atomic E-state index is 12.9. The molecule has 1 N–H and O–H groups in total. The fourth-order valence-electron chi connectivity index (χ4n) is 3.96. The second-order valence-electron chi connectivity index (χ2n) is 6.61. The van der Waals surface area contributed by atoms with Gasteiger partial charge in [0, 0.05) is 24.7 Å². The number of nitrogens with one attached hydrogen (secondary N) is 1. The van der Waals surface area contributed by atoms with Crippen LogP contribution < -0.4 is 5.32 Å². The standard InChI is InChI=1S/C17H18FN3O3/c18-11-5-3-10(4-6-11)15(22)19-12-8-14-17(24)20-7-1-2-13(20)16(23)21(14)9-12/h3-6,12-14H,1-2,7-9H2,(H,19,22)/t12-,13+,14-/m0/s1. The molecular formula is C17H18FN3O3. The number of hydrogen-bond donors (Lipinski definition) is 1. The Bertz CT molecular complexity index is 676. The Kier molecular flexibility index (Phi) is 3.51. The molecule has 3 fully saturated rings. The monoisotopic (exact) mass is 331 g/mol. The average molecular weight is 331 g/mol. The van der Waals surface area contributed by atoms with Gasteiger partial charge < -0.3 is 15.1 Å². The number of benzene rings is 1. The summed E-state index contributed by atoms with van der Waals surface area (Å²) in [5, 5.41) is 2.85. The van der Waals surface area contributed by atoms with Crippen molar-refractivity contribution in [3.8, 4) is 0 Å². The molecule has 0 unspecified atom stereocenters. The maximum Gasteiger partial charge on any atom is 0.251 e. The van der Waals surface area contributed by atoms with Crippen LogP contribution in [-0.4, -0.2) is 58.7 Å². The highest BCUT2D eigenvalue weighted by Crippen LogP contribution is 2.32. The van der Waals surface area contributed by atoms with Gasteiger partial charge in [0.1, 0.15) is 17.9 Å². The minimum Gasteiger partial charge on any atom is -0.347 e. The lowest BCUT2D eigenvalue weighted by molar-refractivity contribution is -0.156. The van der Waals surface area contributed by atoms with Crippen molar-refractivity contribution < 1.29 is 18.8 Å². The van der Waals surface area contributed by atoms with E-state index < -0.39 is 11.9 Å². The third-order valence-electron chi connectivity index (χ3n) is 5.13. The molecule has 0 aromatic heterocycles. The molecule has 3 aliphatic heterocycles. The van der Waals surface area contributed by atoms with E-state index in [-0.39, 0.29) is 29.8 Å². The van der Waals surface area contributed by atoms with Crippen LogP contribution in [-0.2, 0) is 9.59 Å². The largest absolute Gasteiger partial charge is 0.347 e. The van der Waals surface area contributed by atoms with Gasteiger partial charge in [0.2, 0.25) is 11.8 Å². The van der Waals surface area contributed by atoms with Crippen LogP contribution in [0.4, 0.5) is 4.39 Å². The highest BCUT2D eigenvalue weighted by molar-refractivity contribution is 5.98. The predicted molar refractivity (Wildman–Crippen MR) is 82.5 cm³/mol. The second-order valence-corrected chi connectivity index (χ2v) is 6.61. The number of carbonyl (C=O) groups is 3. The van der Waals surface area contributed by atoms with E-state index in [9.17, 15) is 18.8 Å². The van der Waals surface area contributed by atoms with Crippen LogP contribution in [0.3, 0.4) is 0 Å². The average Bonchev–Trinajstić information content (AvgIpc) is 3.20. The Morgan fingerprint density at radius 3 is 2.54 bits per heavy atom. The molecule has 0 spiro atoms. The van der Waals surface area contributed by atoms with E-state index in [1.54, 1.807) is 9.80 Å². The van der Waals surface area contributed by atoms with E-state index in [1.165, 1.54) is 24.3 Å². The van der Waals surface area contributed by atoms with Crippen LogP contribution in [0, 0.1) is 5.82 Å². The molecule has 0 radical (unpaired) electrons. The highest BCUT2D eigenvalue weighted by Gasteiger charge is 2.51. The second kappa shape index (κ2) is 5.58. The Hall–Kier alpha value is -2.44. The molecule has 3 amide bonds. The SMILES string of the molecule is O=C(N[C@H]1C[C@H]2C(=O)N3CCC[C@@H]3C(=O)N2C1)c1ccc(F)cc1. The molecule has 0 bridgehead atoms. The molecule has 3 saturated heterocycles. The minimum atomic E-state index is -0.467. The summed E-state index contributed by atoms with van der Waals surface area (Å²) >= 11 is 0. The van der Waals surface area contributed by atoms with Crippen molar-refractivity contribution in [3.05, 3.63) is 35.6 Å². The fraction of sp³-hybridized carbons (Fsp3) is 0.471. The predicted octanol–water partition coefficient (Wildman–Crippen LogP) is 0.530. The Balaban J connectivity index is 1.46. The minimum absolute atomic E-state index is 0.00405. The van der Waals surface area contributed by atoms with Gasteiger partial charge in [-0.25, -0.2) is 4.39 Å². The van der Waals surface area contributed by atoms with Gasteiger partial charge in [0.25, 0.3) is 5.91 Å². The number of piperazine rings is 1. The summed E-state index contributed by atoms with van der Waals surface area (Å²) in [4.78, 5) is 40.6. The number of amides is 3. The number of carbonyl (C=O) groups excluding carboxylic acids is 3. The molecular weight excluding hydrogens is 313 g/mol. The molecule has 3 heterocycles. The van der Waals surface area contributed by atoms with Crippen molar-refractivity contribution in [2.24, 2.45) is 0 Å². The summed E-state index contributed by atoms with van der Waals surface area (Å²) in [6.07, 6.45) is 2.02. The van der Waals surface area contributed by atoms with Gasteiger partial charge in [0.15, 0.2) is 0 Å².